The van der Waals surface area contributed by atoms with E-state index in [4.69, 9.17) is 10.00 Å². The van der Waals surface area contributed by atoms with Crippen LogP contribution in [0.2, 0.25) is 0 Å². The molecular weight excluding hydrogens is 282 g/mol. The molecule has 1 atom stereocenters. The summed E-state index contributed by atoms with van der Waals surface area (Å²) in [6.07, 6.45) is 0.404. The molecule has 1 unspecified atom stereocenters. The van der Waals surface area contributed by atoms with E-state index in [1.165, 1.54) is 6.92 Å². The molecule has 0 aromatic heterocycles. The van der Waals surface area contributed by atoms with Crippen molar-refractivity contribution < 1.29 is 9.53 Å². The van der Waals surface area contributed by atoms with Crippen LogP contribution in [0.15, 0.2) is 22.7 Å². The van der Waals surface area contributed by atoms with Crippen molar-refractivity contribution in [2.45, 2.75) is 20.3 Å². The highest BCUT2D eigenvalue weighted by molar-refractivity contribution is 9.10. The number of nitrogens with zero attached hydrogens (tertiary/aromatic N) is 1. The highest BCUT2D eigenvalue weighted by Gasteiger charge is 2.30. The van der Waals surface area contributed by atoms with Gasteiger partial charge in [-0.15, -0.1) is 0 Å². The molecule has 0 bridgehead atoms. The van der Waals surface area contributed by atoms with Crippen LogP contribution in [0.3, 0.4) is 0 Å². The largest absolute Gasteiger partial charge is 0.496 e. The minimum Gasteiger partial charge on any atom is -0.496 e. The van der Waals surface area contributed by atoms with Gasteiger partial charge in [0.1, 0.15) is 16.9 Å². The van der Waals surface area contributed by atoms with Gasteiger partial charge in [0.05, 0.1) is 17.7 Å². The lowest BCUT2D eigenvalue weighted by atomic mass is 9.82. The van der Waals surface area contributed by atoms with Gasteiger partial charge in [-0.2, -0.15) is 5.26 Å². The number of rotatable bonds is 4. The minimum atomic E-state index is -0.964. The van der Waals surface area contributed by atoms with E-state index in [1.54, 1.807) is 14.0 Å². The molecule has 0 saturated heterocycles. The topological polar surface area (TPSA) is 50.1 Å². The third-order valence-electron chi connectivity index (χ3n) is 2.80. The highest BCUT2D eigenvalue weighted by Crippen LogP contribution is 2.29. The van der Waals surface area contributed by atoms with Crippen LogP contribution in [0.25, 0.3) is 0 Å². The van der Waals surface area contributed by atoms with E-state index >= 15 is 0 Å². The monoisotopic (exact) mass is 295 g/mol. The van der Waals surface area contributed by atoms with Crippen LogP contribution < -0.4 is 4.74 Å². The maximum Gasteiger partial charge on any atom is 0.150 e. The predicted molar refractivity (Wildman–Crippen MR) is 68.8 cm³/mol. The Morgan fingerprint density at radius 3 is 2.65 bits per heavy atom. The second-order valence-corrected chi connectivity index (χ2v) is 5.00. The smallest absolute Gasteiger partial charge is 0.150 e. The zero-order valence-corrected chi connectivity index (χ0v) is 11.7. The van der Waals surface area contributed by atoms with Gasteiger partial charge in [0.15, 0.2) is 0 Å². The number of carbonyl (C=O) groups is 1. The van der Waals surface area contributed by atoms with Gasteiger partial charge in [0, 0.05) is 0 Å². The number of hydrogen-bond acceptors (Lipinski definition) is 3. The second kappa shape index (κ2) is 5.33. The molecule has 1 rings (SSSR count). The van der Waals surface area contributed by atoms with Crippen LogP contribution >= 0.6 is 15.9 Å². The molecule has 3 nitrogen and oxygen atoms in total. The van der Waals surface area contributed by atoms with Gasteiger partial charge in [-0.3, -0.25) is 4.79 Å². The lowest BCUT2D eigenvalue weighted by molar-refractivity contribution is -0.123. The number of benzene rings is 1. The van der Waals surface area contributed by atoms with E-state index in [1.807, 2.05) is 18.2 Å². The van der Waals surface area contributed by atoms with Crippen LogP contribution in [0, 0.1) is 16.7 Å². The Bertz CT molecular complexity index is 479. The lowest BCUT2D eigenvalue weighted by Gasteiger charge is -2.18. The zero-order valence-electron chi connectivity index (χ0n) is 10.1. The summed E-state index contributed by atoms with van der Waals surface area (Å²) in [5, 5.41) is 9.08. The molecule has 0 aliphatic carbocycles. The van der Waals surface area contributed by atoms with Crippen molar-refractivity contribution in [3.05, 3.63) is 28.2 Å². The molecule has 0 fully saturated rings. The fraction of sp³-hybridized carbons (Fsp3) is 0.385. The van der Waals surface area contributed by atoms with Crippen molar-refractivity contribution in [1.29, 1.82) is 5.26 Å². The Hall–Kier alpha value is -1.34. The molecule has 0 amide bonds. The number of methoxy groups -OCH3 is 1. The standard InChI is InChI=1S/C13H14BrNO2/c1-9(16)13(2,8-15)7-10-4-5-12(17-3)11(14)6-10/h4-6H,7H2,1-3H3. The SMILES string of the molecule is COc1ccc(CC(C)(C#N)C(C)=O)cc1Br. The van der Waals surface area contributed by atoms with Crippen LogP contribution in [0.5, 0.6) is 5.75 Å². The highest BCUT2D eigenvalue weighted by atomic mass is 79.9. The summed E-state index contributed by atoms with van der Waals surface area (Å²) in [4.78, 5) is 11.5. The van der Waals surface area contributed by atoms with Crippen LogP contribution in [0.1, 0.15) is 19.4 Å². The van der Waals surface area contributed by atoms with Crippen LogP contribution in [-0.2, 0) is 11.2 Å². The molecule has 0 aliphatic rings. The molecule has 0 spiro atoms. The average molecular weight is 296 g/mol. The van der Waals surface area contributed by atoms with E-state index in [0.717, 1.165) is 15.8 Å². The van der Waals surface area contributed by atoms with E-state index < -0.39 is 5.41 Å². The Morgan fingerprint density at radius 1 is 1.59 bits per heavy atom. The van der Waals surface area contributed by atoms with Crippen LogP contribution in [0.4, 0.5) is 0 Å². The molecule has 0 aliphatic heterocycles. The number of hydrogen-bond donors (Lipinski definition) is 0. The van der Waals surface area contributed by atoms with Crippen LogP contribution in [-0.4, -0.2) is 12.9 Å². The van der Waals surface area contributed by atoms with Gasteiger partial charge in [0.25, 0.3) is 0 Å². The predicted octanol–water partition coefficient (Wildman–Crippen LogP) is 3.12. The molecule has 1 aromatic carbocycles. The first-order chi connectivity index (χ1) is 7.92. The van der Waals surface area contributed by atoms with Crippen molar-refractivity contribution in [1.82, 2.24) is 0 Å². The quantitative estimate of drug-likeness (QED) is 0.857. The Balaban J connectivity index is 3.01. The molecule has 4 heteroatoms. The summed E-state index contributed by atoms with van der Waals surface area (Å²) >= 11 is 3.38. The van der Waals surface area contributed by atoms with E-state index in [0.29, 0.717) is 6.42 Å². The fourth-order valence-electron chi connectivity index (χ4n) is 1.47. The molecule has 0 saturated carbocycles. The van der Waals surface area contributed by atoms with Crippen molar-refractivity contribution in [3.8, 4) is 11.8 Å². The first kappa shape index (κ1) is 13.7. The second-order valence-electron chi connectivity index (χ2n) is 4.15. The zero-order chi connectivity index (χ0) is 13.1. The first-order valence-corrected chi connectivity index (χ1v) is 5.97. The van der Waals surface area contributed by atoms with Gasteiger partial charge >= 0.3 is 0 Å². The number of nitriles is 1. The summed E-state index contributed by atoms with van der Waals surface area (Å²) in [5.74, 6) is 0.613. The summed E-state index contributed by atoms with van der Waals surface area (Å²) in [7, 11) is 1.59. The Labute approximate surface area is 110 Å². The number of carbonyl (C=O) groups excluding carboxylic acids is 1. The van der Waals surface area contributed by atoms with Crippen molar-refractivity contribution >= 4 is 21.7 Å². The third kappa shape index (κ3) is 3.07. The Kier molecular flexibility index (Phi) is 4.30. The molecule has 1 aromatic rings. The van der Waals surface area contributed by atoms with E-state index in [-0.39, 0.29) is 5.78 Å². The molecule has 90 valence electrons. The third-order valence-corrected chi connectivity index (χ3v) is 3.42. The number of Topliss-reactive ketones (excluding diaryl/α,β-unsaturated/α-hetero) is 1. The normalized spacial score (nSPS) is 13.6. The number of ketones is 1. The van der Waals surface area contributed by atoms with Gasteiger partial charge in [-0.25, -0.2) is 0 Å². The van der Waals surface area contributed by atoms with E-state index in [2.05, 4.69) is 22.0 Å². The van der Waals surface area contributed by atoms with Crippen molar-refractivity contribution in [2.24, 2.45) is 5.41 Å². The summed E-state index contributed by atoms with van der Waals surface area (Å²) in [6.45, 7) is 3.11. The van der Waals surface area contributed by atoms with Gasteiger partial charge < -0.3 is 4.74 Å². The molecule has 0 radical (unpaired) electrons. The molecular formula is C13H14BrNO2. The van der Waals surface area contributed by atoms with Crippen molar-refractivity contribution in [3.63, 3.8) is 0 Å². The number of halogens is 1. The molecule has 0 heterocycles. The summed E-state index contributed by atoms with van der Waals surface area (Å²) < 4.78 is 5.95. The first-order valence-electron chi connectivity index (χ1n) is 5.17. The van der Waals surface area contributed by atoms with Gasteiger partial charge in [-0.05, 0) is 53.9 Å². The van der Waals surface area contributed by atoms with E-state index in [9.17, 15) is 4.79 Å². The maximum atomic E-state index is 11.5. The van der Waals surface area contributed by atoms with Gasteiger partial charge in [0.2, 0.25) is 0 Å². The summed E-state index contributed by atoms with van der Waals surface area (Å²) in [6, 6.07) is 7.63. The Morgan fingerprint density at radius 2 is 2.24 bits per heavy atom. The van der Waals surface area contributed by atoms with Gasteiger partial charge in [-0.1, -0.05) is 6.07 Å². The maximum absolute atomic E-state index is 11.5. The average Bonchev–Trinajstić information content (AvgIpc) is 2.29. The molecule has 17 heavy (non-hydrogen) atoms. The minimum absolute atomic E-state index is 0.119. The summed E-state index contributed by atoms with van der Waals surface area (Å²) in [5.41, 5.74) is -0.0365. The lowest BCUT2D eigenvalue weighted by Crippen LogP contribution is -2.26. The number of ether oxygens (including phenoxy) is 1. The van der Waals surface area contributed by atoms with Crippen molar-refractivity contribution in [2.75, 3.05) is 7.11 Å². The fourth-order valence-corrected chi connectivity index (χ4v) is 2.06. The molecule has 0 N–H and O–H groups in total.